The average Bonchev–Trinajstić information content (AvgIpc) is 3.48. The molecule has 1 aliphatic heterocycles. The number of ether oxygens (including phenoxy) is 3. The van der Waals surface area contributed by atoms with Crippen LogP contribution in [0.3, 0.4) is 0 Å². The Labute approximate surface area is 212 Å². The van der Waals surface area contributed by atoms with Crippen LogP contribution in [0, 0.1) is 11.8 Å². The quantitative estimate of drug-likeness (QED) is 0.272. The maximum atomic E-state index is 6.46. The van der Waals surface area contributed by atoms with Gasteiger partial charge < -0.3 is 18.6 Å². The fraction of sp³-hybridized carbons (Fsp3) is 0.188. The van der Waals surface area contributed by atoms with Gasteiger partial charge in [-0.3, -0.25) is 0 Å². The summed E-state index contributed by atoms with van der Waals surface area (Å²) in [5, 5.41) is 0. The molecule has 0 N–H and O–H groups in total. The van der Waals surface area contributed by atoms with Crippen LogP contribution in [-0.4, -0.2) is 18.8 Å². The van der Waals surface area contributed by atoms with Crippen LogP contribution in [0.15, 0.2) is 125 Å². The molecule has 0 radical (unpaired) electrons. The molecule has 0 amide bonds. The van der Waals surface area contributed by atoms with E-state index in [1.165, 1.54) is 0 Å². The van der Waals surface area contributed by atoms with Gasteiger partial charge >= 0.3 is 0 Å². The summed E-state index contributed by atoms with van der Waals surface area (Å²) in [6.45, 7) is 1.29. The van der Waals surface area contributed by atoms with E-state index in [4.69, 9.17) is 18.6 Å². The summed E-state index contributed by atoms with van der Waals surface area (Å²) in [4.78, 5) is 0. The van der Waals surface area contributed by atoms with Crippen LogP contribution >= 0.6 is 0 Å². The van der Waals surface area contributed by atoms with Crippen molar-refractivity contribution in [2.24, 2.45) is 0 Å². The lowest BCUT2D eigenvalue weighted by atomic mass is 9.98. The first-order chi connectivity index (χ1) is 17.8. The molecule has 1 unspecified atom stereocenters. The monoisotopic (exact) mass is 476 g/mol. The Morgan fingerprint density at radius 3 is 2.03 bits per heavy atom. The van der Waals surface area contributed by atoms with Gasteiger partial charge in [0, 0.05) is 11.1 Å². The van der Waals surface area contributed by atoms with E-state index in [2.05, 4.69) is 24.0 Å². The number of furan rings is 1. The highest BCUT2D eigenvalue weighted by molar-refractivity contribution is 5.44. The highest BCUT2D eigenvalue weighted by Crippen LogP contribution is 2.32. The highest BCUT2D eigenvalue weighted by atomic mass is 16.6. The minimum absolute atomic E-state index is 0.357. The maximum absolute atomic E-state index is 6.46. The number of rotatable bonds is 8. The Morgan fingerprint density at radius 1 is 0.694 bits per heavy atom. The van der Waals surface area contributed by atoms with Crippen molar-refractivity contribution in [2.45, 2.75) is 31.5 Å². The van der Waals surface area contributed by atoms with Crippen LogP contribution in [0.1, 0.15) is 28.6 Å². The molecule has 180 valence electrons. The van der Waals surface area contributed by atoms with Gasteiger partial charge in [-0.05, 0) is 41.5 Å². The van der Waals surface area contributed by atoms with Gasteiger partial charge in [0.25, 0.3) is 0 Å². The second-order valence-electron chi connectivity index (χ2n) is 8.57. The Balaban J connectivity index is 1.41. The van der Waals surface area contributed by atoms with Crippen LogP contribution in [0.2, 0.25) is 0 Å². The predicted molar refractivity (Wildman–Crippen MR) is 139 cm³/mol. The van der Waals surface area contributed by atoms with Crippen molar-refractivity contribution in [1.82, 2.24) is 0 Å². The summed E-state index contributed by atoms with van der Waals surface area (Å²) in [6.07, 6.45) is 2.53. The van der Waals surface area contributed by atoms with E-state index in [9.17, 15) is 0 Å². The Kier molecular flexibility index (Phi) is 8.08. The van der Waals surface area contributed by atoms with Gasteiger partial charge in [-0.1, -0.05) is 90.7 Å². The fourth-order valence-electron chi connectivity index (χ4n) is 4.09. The molecule has 0 aliphatic carbocycles. The molecule has 0 spiro atoms. The normalized spacial score (nSPS) is 19.2. The molecule has 5 rings (SSSR count). The summed E-state index contributed by atoms with van der Waals surface area (Å²) in [7, 11) is 0. The van der Waals surface area contributed by atoms with Crippen LogP contribution in [0.4, 0.5) is 0 Å². The van der Waals surface area contributed by atoms with E-state index in [1.807, 2.05) is 97.1 Å². The zero-order valence-corrected chi connectivity index (χ0v) is 20.0. The van der Waals surface area contributed by atoms with Gasteiger partial charge in [-0.25, -0.2) is 0 Å². The smallest absolute Gasteiger partial charge is 0.136 e. The molecule has 4 nitrogen and oxygen atoms in total. The molecule has 0 bridgehead atoms. The molecule has 4 heteroatoms. The Hall–Kier alpha value is -3.88. The van der Waals surface area contributed by atoms with Crippen molar-refractivity contribution in [2.75, 3.05) is 6.61 Å². The van der Waals surface area contributed by atoms with Crippen molar-refractivity contribution in [1.29, 1.82) is 0 Å². The zero-order valence-electron chi connectivity index (χ0n) is 20.0. The van der Waals surface area contributed by atoms with Crippen LogP contribution in [-0.2, 0) is 27.4 Å². The standard InChI is InChI=1S/C32H28O4/c1-4-11-25(12-5-1)18-19-28-21-30(29-17-10-20-34-29)36-31(24-33-22-26-13-6-2-7-14-26)32(28)35-23-27-15-8-3-9-16-27/h1-17,20-21,30-32H,22-24H2/t30?,31-,32+/m1/s1. The van der Waals surface area contributed by atoms with Gasteiger partial charge in [-0.2, -0.15) is 0 Å². The van der Waals surface area contributed by atoms with Gasteiger partial charge in [0.1, 0.15) is 24.1 Å². The highest BCUT2D eigenvalue weighted by Gasteiger charge is 2.35. The summed E-state index contributed by atoms with van der Waals surface area (Å²) < 4.78 is 24.7. The third-order valence-electron chi connectivity index (χ3n) is 5.91. The second-order valence-corrected chi connectivity index (χ2v) is 8.57. The molecule has 3 atom stereocenters. The summed E-state index contributed by atoms with van der Waals surface area (Å²) >= 11 is 0. The van der Waals surface area contributed by atoms with Gasteiger partial charge in [0.15, 0.2) is 0 Å². The SMILES string of the molecule is C(#Cc1ccccc1)C1=CC(c2ccco2)O[C@H](COCc2ccccc2)[C@H]1OCc1ccccc1. The van der Waals surface area contributed by atoms with Gasteiger partial charge in [-0.15, -0.1) is 0 Å². The van der Waals surface area contributed by atoms with E-state index in [-0.39, 0.29) is 18.3 Å². The summed E-state index contributed by atoms with van der Waals surface area (Å²) in [6, 6.07) is 34.0. The first-order valence-corrected chi connectivity index (χ1v) is 12.1. The molecule has 1 aliphatic rings. The second kappa shape index (κ2) is 12.2. The molecule has 0 saturated heterocycles. The van der Waals surface area contributed by atoms with Crippen LogP contribution in [0.25, 0.3) is 0 Å². The van der Waals surface area contributed by atoms with Crippen LogP contribution in [0.5, 0.6) is 0 Å². The summed E-state index contributed by atoms with van der Waals surface area (Å²) in [5.74, 6) is 7.37. The van der Waals surface area contributed by atoms with Crippen molar-refractivity contribution in [3.05, 3.63) is 143 Å². The minimum atomic E-state index is -0.386. The lowest BCUT2D eigenvalue weighted by Gasteiger charge is -2.34. The van der Waals surface area contributed by atoms with E-state index < -0.39 is 0 Å². The Morgan fingerprint density at radius 2 is 1.36 bits per heavy atom. The largest absolute Gasteiger partial charge is 0.466 e. The first-order valence-electron chi connectivity index (χ1n) is 12.1. The molecule has 36 heavy (non-hydrogen) atoms. The molecule has 1 aromatic heterocycles. The first kappa shape index (κ1) is 23.8. The van der Waals surface area contributed by atoms with Crippen LogP contribution < -0.4 is 0 Å². The number of hydrogen-bond donors (Lipinski definition) is 0. The number of hydrogen-bond acceptors (Lipinski definition) is 4. The van der Waals surface area contributed by atoms with Crippen molar-refractivity contribution in [3.63, 3.8) is 0 Å². The fourth-order valence-corrected chi connectivity index (χ4v) is 4.09. The zero-order chi connectivity index (χ0) is 24.4. The van der Waals surface area contributed by atoms with E-state index >= 15 is 0 Å². The third kappa shape index (κ3) is 6.41. The molecule has 0 saturated carbocycles. The lowest BCUT2D eigenvalue weighted by molar-refractivity contribution is -0.126. The van der Waals surface area contributed by atoms with Crippen molar-refractivity contribution in [3.8, 4) is 11.8 Å². The molecular weight excluding hydrogens is 448 g/mol. The minimum Gasteiger partial charge on any atom is -0.466 e. The van der Waals surface area contributed by atoms with E-state index in [1.54, 1.807) is 6.26 Å². The topological polar surface area (TPSA) is 40.8 Å². The molecule has 2 heterocycles. The van der Waals surface area contributed by atoms with Crippen molar-refractivity contribution < 1.29 is 18.6 Å². The average molecular weight is 477 g/mol. The van der Waals surface area contributed by atoms with Gasteiger partial charge in [0.05, 0.1) is 26.1 Å². The van der Waals surface area contributed by atoms with E-state index in [0.717, 1.165) is 28.0 Å². The molecule has 4 aromatic rings. The summed E-state index contributed by atoms with van der Waals surface area (Å²) in [5.41, 5.74) is 4.00. The van der Waals surface area contributed by atoms with E-state index in [0.29, 0.717) is 19.8 Å². The van der Waals surface area contributed by atoms with Gasteiger partial charge in [0.2, 0.25) is 0 Å². The molecular formula is C32H28O4. The third-order valence-corrected chi connectivity index (χ3v) is 5.91. The number of benzene rings is 3. The molecule has 3 aromatic carbocycles. The van der Waals surface area contributed by atoms with Crippen molar-refractivity contribution >= 4 is 0 Å². The lowest BCUT2D eigenvalue weighted by Crippen LogP contribution is -2.40. The molecule has 0 fully saturated rings. The maximum Gasteiger partial charge on any atom is 0.136 e. The predicted octanol–water partition coefficient (Wildman–Crippen LogP) is 6.50. The Bertz CT molecular complexity index is 1290.